The molecule has 38 heavy (non-hydrogen) atoms. The van der Waals surface area contributed by atoms with Crippen molar-refractivity contribution in [2.24, 2.45) is 4.99 Å². The number of hydrogen-bond acceptors (Lipinski definition) is 10. The molecule has 0 saturated heterocycles. The number of nitrogens with zero attached hydrogens (tertiary/aromatic N) is 1. The van der Waals surface area contributed by atoms with Gasteiger partial charge in [0.25, 0.3) is 5.91 Å². The van der Waals surface area contributed by atoms with Crippen LogP contribution in [0.3, 0.4) is 0 Å². The van der Waals surface area contributed by atoms with Crippen molar-refractivity contribution in [3.05, 3.63) is 51.5 Å². The summed E-state index contributed by atoms with van der Waals surface area (Å²) in [4.78, 5) is 41.6. The maximum absolute atomic E-state index is 12.7. The van der Waals surface area contributed by atoms with Gasteiger partial charge in [0, 0.05) is 34.4 Å². The van der Waals surface area contributed by atoms with Gasteiger partial charge in [0.2, 0.25) is 5.91 Å². The van der Waals surface area contributed by atoms with Crippen molar-refractivity contribution in [2.45, 2.75) is 25.5 Å². The highest BCUT2D eigenvalue weighted by Gasteiger charge is 2.24. The highest BCUT2D eigenvalue weighted by atomic mass is 35.5. The normalized spacial score (nSPS) is 15.5. The first-order valence-corrected chi connectivity index (χ1v) is 12.3. The third-order valence-electron chi connectivity index (χ3n) is 5.26. The van der Waals surface area contributed by atoms with Gasteiger partial charge < -0.3 is 41.3 Å². The first-order chi connectivity index (χ1) is 18.0. The minimum Gasteiger partial charge on any atom is -0.508 e. The average Bonchev–Trinajstić information content (AvgIpc) is 2.85. The lowest BCUT2D eigenvalue weighted by atomic mass is 10.0. The van der Waals surface area contributed by atoms with Crippen molar-refractivity contribution >= 4 is 52.6 Å². The summed E-state index contributed by atoms with van der Waals surface area (Å²) in [6.07, 6.45) is -0.928. The van der Waals surface area contributed by atoms with Gasteiger partial charge in [-0.3, -0.25) is 19.4 Å². The standard InChI is InChI=1S/C24H27Cl2N5O7/c1-2-38-21(35)8-19(17-5-13(25)6-18(26)22(17)36)31-20(34)11-27-23(37)12-3-14(7-15(32)4-12)30-24-28-9-16(33)10-29-24/h3-7,16,19,32-33,36H,2,8-11H2,1H3,(H,27,37)(H,31,34)(H2,28,29,30)/t19-/m1/s1. The summed E-state index contributed by atoms with van der Waals surface area (Å²) < 4.78 is 4.95. The van der Waals surface area contributed by atoms with Gasteiger partial charge in [-0.15, -0.1) is 0 Å². The van der Waals surface area contributed by atoms with Crippen molar-refractivity contribution in [3.8, 4) is 11.5 Å². The van der Waals surface area contributed by atoms with Crippen LogP contribution in [-0.4, -0.2) is 71.4 Å². The predicted molar refractivity (Wildman–Crippen MR) is 141 cm³/mol. The summed E-state index contributed by atoms with van der Waals surface area (Å²) in [5, 5.41) is 40.8. The number of anilines is 1. The number of rotatable bonds is 9. The number of aliphatic imine (C=N–C) groups is 1. The topological polar surface area (TPSA) is 182 Å². The molecule has 1 unspecified atom stereocenters. The molecular weight excluding hydrogens is 541 g/mol. The van der Waals surface area contributed by atoms with E-state index in [0.29, 0.717) is 18.2 Å². The Labute approximate surface area is 228 Å². The number of aliphatic hydroxyl groups excluding tert-OH is 1. The van der Waals surface area contributed by atoms with Gasteiger partial charge in [0.1, 0.15) is 11.5 Å². The molecule has 2 aromatic rings. The Balaban J connectivity index is 1.67. The number of benzene rings is 2. The Morgan fingerprint density at radius 1 is 1.18 bits per heavy atom. The van der Waals surface area contributed by atoms with Gasteiger partial charge >= 0.3 is 5.97 Å². The highest BCUT2D eigenvalue weighted by Crippen LogP contribution is 2.36. The van der Waals surface area contributed by atoms with Crippen molar-refractivity contribution in [1.29, 1.82) is 0 Å². The van der Waals surface area contributed by atoms with Crippen LogP contribution in [0.2, 0.25) is 10.0 Å². The second kappa shape index (κ2) is 13.2. The van der Waals surface area contributed by atoms with Crippen LogP contribution in [0, 0.1) is 0 Å². The summed E-state index contributed by atoms with van der Waals surface area (Å²) in [6, 6.07) is 5.66. The summed E-state index contributed by atoms with van der Waals surface area (Å²) in [5.41, 5.74) is 0.509. The fraction of sp³-hybridized carbons (Fsp3) is 0.333. The number of phenolic OH excluding ortho intramolecular Hbond substituents is 2. The molecule has 2 amide bonds. The quantitative estimate of drug-likeness (QED) is 0.221. The molecule has 14 heteroatoms. The minimum absolute atomic E-state index is 0.0547. The first-order valence-electron chi connectivity index (χ1n) is 11.5. The smallest absolute Gasteiger partial charge is 0.308 e. The maximum Gasteiger partial charge on any atom is 0.308 e. The number of guanidine groups is 1. The number of hydrogen-bond donors (Lipinski definition) is 7. The highest BCUT2D eigenvalue weighted by molar-refractivity contribution is 6.35. The zero-order valence-electron chi connectivity index (χ0n) is 20.3. The number of β-amino-alcohol motifs (C(OH)–C–C–N with tert-alkyl or cyclic N) is 1. The zero-order valence-corrected chi connectivity index (χ0v) is 21.8. The van der Waals surface area contributed by atoms with Crippen molar-refractivity contribution in [1.82, 2.24) is 16.0 Å². The molecule has 1 aliphatic rings. The van der Waals surface area contributed by atoms with E-state index in [0.717, 1.165) is 0 Å². The Bertz CT molecular complexity index is 1240. The molecule has 0 saturated carbocycles. The number of nitrogens with one attached hydrogen (secondary N) is 4. The van der Waals surface area contributed by atoms with Crippen LogP contribution in [-0.2, 0) is 14.3 Å². The lowest BCUT2D eigenvalue weighted by molar-refractivity contribution is -0.143. The first kappa shape index (κ1) is 28.8. The minimum atomic E-state index is -1.05. The molecule has 0 radical (unpaired) electrons. The Kier molecular flexibility index (Phi) is 9.99. The Hall–Kier alpha value is -3.74. The van der Waals surface area contributed by atoms with E-state index in [2.05, 4.69) is 26.3 Å². The number of carbonyl (C=O) groups is 3. The predicted octanol–water partition coefficient (Wildman–Crippen LogP) is 1.68. The Morgan fingerprint density at radius 2 is 1.95 bits per heavy atom. The summed E-state index contributed by atoms with van der Waals surface area (Å²) >= 11 is 12.0. The molecule has 0 aromatic heterocycles. The molecular formula is C24H27Cl2N5O7. The maximum atomic E-state index is 12.7. The molecule has 12 nitrogen and oxygen atoms in total. The monoisotopic (exact) mass is 567 g/mol. The van der Waals surface area contributed by atoms with E-state index in [9.17, 15) is 29.7 Å². The van der Waals surface area contributed by atoms with E-state index in [1.54, 1.807) is 6.92 Å². The van der Waals surface area contributed by atoms with Crippen molar-refractivity contribution in [2.75, 3.05) is 31.6 Å². The van der Waals surface area contributed by atoms with Crippen LogP contribution in [0.1, 0.15) is 35.3 Å². The van der Waals surface area contributed by atoms with Gasteiger partial charge in [-0.1, -0.05) is 23.2 Å². The number of halogens is 2. The van der Waals surface area contributed by atoms with Crippen LogP contribution in [0.4, 0.5) is 5.69 Å². The van der Waals surface area contributed by atoms with Crippen LogP contribution in [0.5, 0.6) is 11.5 Å². The number of aromatic hydroxyl groups is 2. The Morgan fingerprint density at radius 3 is 2.63 bits per heavy atom. The number of ether oxygens (including phenoxy) is 1. The van der Waals surface area contributed by atoms with E-state index >= 15 is 0 Å². The molecule has 0 fully saturated rings. The number of amides is 2. The number of phenols is 2. The fourth-order valence-corrected chi connectivity index (χ4v) is 4.06. The molecule has 2 atom stereocenters. The fourth-order valence-electron chi connectivity index (χ4n) is 3.55. The van der Waals surface area contributed by atoms with Gasteiger partial charge in [0.15, 0.2) is 5.96 Å². The van der Waals surface area contributed by atoms with Gasteiger partial charge in [-0.25, -0.2) is 0 Å². The summed E-state index contributed by atoms with van der Waals surface area (Å²) in [6.45, 7) is 1.75. The molecule has 204 valence electrons. The van der Waals surface area contributed by atoms with Crippen LogP contribution in [0.25, 0.3) is 0 Å². The van der Waals surface area contributed by atoms with Gasteiger partial charge in [-0.2, -0.15) is 0 Å². The molecule has 3 rings (SSSR count). The van der Waals surface area contributed by atoms with Crippen molar-refractivity contribution in [3.63, 3.8) is 0 Å². The zero-order chi connectivity index (χ0) is 27.8. The second-order valence-electron chi connectivity index (χ2n) is 8.25. The van der Waals surface area contributed by atoms with E-state index in [-0.39, 0.29) is 52.2 Å². The molecule has 7 N–H and O–H groups in total. The summed E-state index contributed by atoms with van der Waals surface area (Å²) in [5.74, 6) is -2.18. The van der Waals surface area contributed by atoms with Crippen LogP contribution in [0.15, 0.2) is 35.3 Å². The third kappa shape index (κ3) is 8.13. The number of carbonyl (C=O) groups excluding carboxylic acids is 3. The van der Waals surface area contributed by atoms with E-state index in [4.69, 9.17) is 27.9 Å². The SMILES string of the molecule is CCOC(=O)C[C@@H](NC(=O)CNC(=O)c1cc(O)cc(NC2=NCC(O)CN2)c1)c1cc(Cl)cc(Cl)c1O. The molecule has 1 heterocycles. The number of aliphatic hydroxyl groups is 1. The summed E-state index contributed by atoms with van der Waals surface area (Å²) in [7, 11) is 0. The number of esters is 1. The average molecular weight is 568 g/mol. The van der Waals surface area contributed by atoms with Gasteiger partial charge in [-0.05, 0) is 31.2 Å². The van der Waals surface area contributed by atoms with Crippen LogP contribution < -0.4 is 21.3 Å². The molecule has 0 bridgehead atoms. The van der Waals surface area contributed by atoms with Gasteiger partial charge in [0.05, 0.1) is 43.3 Å². The third-order valence-corrected chi connectivity index (χ3v) is 5.77. The van der Waals surface area contributed by atoms with E-state index in [1.165, 1.54) is 30.3 Å². The molecule has 1 aliphatic heterocycles. The lowest BCUT2D eigenvalue weighted by Gasteiger charge is -2.21. The molecule has 0 spiro atoms. The lowest BCUT2D eigenvalue weighted by Crippen LogP contribution is -2.42. The second-order valence-corrected chi connectivity index (χ2v) is 9.10. The van der Waals surface area contributed by atoms with E-state index in [1.807, 2.05) is 0 Å². The van der Waals surface area contributed by atoms with E-state index < -0.39 is 36.5 Å². The molecule has 2 aromatic carbocycles. The molecule has 0 aliphatic carbocycles. The van der Waals surface area contributed by atoms with Crippen molar-refractivity contribution < 1.29 is 34.4 Å². The van der Waals surface area contributed by atoms with Crippen LogP contribution >= 0.6 is 23.2 Å². The largest absolute Gasteiger partial charge is 0.508 e.